The molecule has 1 unspecified atom stereocenters. The molecule has 110 valence electrons. The molecule has 0 radical (unpaired) electrons. The van der Waals surface area contributed by atoms with Crippen LogP contribution < -0.4 is 10.6 Å². The van der Waals surface area contributed by atoms with Crippen LogP contribution in [0.1, 0.15) is 35.2 Å². The predicted molar refractivity (Wildman–Crippen MR) is 94.9 cm³/mol. The summed E-state index contributed by atoms with van der Waals surface area (Å²) in [4.78, 5) is 0. The SMILES string of the molecule is Cc1ccc(NC(=S)NC(C)c2ccc(C)cc2C)cc1. The van der Waals surface area contributed by atoms with Crippen molar-refractivity contribution in [3.05, 3.63) is 64.7 Å². The molecule has 1 atom stereocenters. The van der Waals surface area contributed by atoms with Crippen LogP contribution in [0, 0.1) is 20.8 Å². The first-order valence-electron chi connectivity index (χ1n) is 7.17. The zero-order valence-corrected chi connectivity index (χ0v) is 13.8. The van der Waals surface area contributed by atoms with Gasteiger partial charge >= 0.3 is 0 Å². The molecule has 2 nitrogen and oxygen atoms in total. The van der Waals surface area contributed by atoms with Crippen molar-refractivity contribution in [3.8, 4) is 0 Å². The van der Waals surface area contributed by atoms with Gasteiger partial charge in [0.2, 0.25) is 0 Å². The van der Waals surface area contributed by atoms with Gasteiger partial charge in [0.05, 0.1) is 6.04 Å². The Morgan fingerprint density at radius 3 is 2.19 bits per heavy atom. The maximum Gasteiger partial charge on any atom is 0.171 e. The summed E-state index contributed by atoms with van der Waals surface area (Å²) in [5.41, 5.74) is 6.08. The molecule has 0 aromatic heterocycles. The van der Waals surface area contributed by atoms with Gasteiger partial charge < -0.3 is 10.6 Å². The van der Waals surface area contributed by atoms with Crippen LogP contribution in [0.5, 0.6) is 0 Å². The molecule has 21 heavy (non-hydrogen) atoms. The van der Waals surface area contributed by atoms with Crippen LogP contribution in [0.3, 0.4) is 0 Å². The van der Waals surface area contributed by atoms with Crippen LogP contribution in [0.2, 0.25) is 0 Å². The molecule has 0 saturated heterocycles. The number of hydrogen-bond donors (Lipinski definition) is 2. The minimum atomic E-state index is 0.177. The van der Waals surface area contributed by atoms with Gasteiger partial charge in [-0.25, -0.2) is 0 Å². The molecule has 3 heteroatoms. The van der Waals surface area contributed by atoms with Gasteiger partial charge in [0.25, 0.3) is 0 Å². The third kappa shape index (κ3) is 4.30. The smallest absolute Gasteiger partial charge is 0.171 e. The van der Waals surface area contributed by atoms with Crippen molar-refractivity contribution in [1.29, 1.82) is 0 Å². The van der Waals surface area contributed by atoms with Gasteiger partial charge in [-0.3, -0.25) is 0 Å². The van der Waals surface area contributed by atoms with Gasteiger partial charge in [0.1, 0.15) is 0 Å². The van der Waals surface area contributed by atoms with E-state index >= 15 is 0 Å². The van der Waals surface area contributed by atoms with Crippen LogP contribution in [0.15, 0.2) is 42.5 Å². The summed E-state index contributed by atoms with van der Waals surface area (Å²) >= 11 is 5.39. The van der Waals surface area contributed by atoms with Gasteiger partial charge in [-0.2, -0.15) is 0 Å². The van der Waals surface area contributed by atoms with Gasteiger partial charge in [0.15, 0.2) is 5.11 Å². The molecule has 0 fully saturated rings. The molecule has 0 aliphatic carbocycles. The standard InChI is InChI=1S/C18H22N2S/c1-12-5-8-16(9-6-12)20-18(21)19-15(4)17-10-7-13(2)11-14(17)3/h5-11,15H,1-4H3,(H2,19,20,21). The van der Waals surface area contributed by atoms with Gasteiger partial charge in [0, 0.05) is 5.69 Å². The minimum absolute atomic E-state index is 0.177. The van der Waals surface area contributed by atoms with Crippen LogP contribution in [0.25, 0.3) is 0 Å². The van der Waals surface area contributed by atoms with E-state index in [9.17, 15) is 0 Å². The van der Waals surface area contributed by atoms with Crippen LogP contribution in [-0.2, 0) is 0 Å². The lowest BCUT2D eigenvalue weighted by atomic mass is 10.0. The Morgan fingerprint density at radius 2 is 1.57 bits per heavy atom. The molecule has 2 aromatic carbocycles. The lowest BCUT2D eigenvalue weighted by Crippen LogP contribution is -2.31. The Kier molecular flexibility index (Phi) is 4.97. The Morgan fingerprint density at radius 1 is 0.952 bits per heavy atom. The summed E-state index contributed by atoms with van der Waals surface area (Å²) in [6.07, 6.45) is 0. The number of anilines is 1. The highest BCUT2D eigenvalue weighted by molar-refractivity contribution is 7.80. The third-order valence-corrected chi connectivity index (χ3v) is 3.77. The van der Waals surface area contributed by atoms with Crippen LogP contribution in [-0.4, -0.2) is 5.11 Å². The zero-order chi connectivity index (χ0) is 15.4. The minimum Gasteiger partial charge on any atom is -0.356 e. The molecule has 0 saturated carbocycles. The Hall–Kier alpha value is -1.87. The van der Waals surface area contributed by atoms with E-state index in [2.05, 4.69) is 68.7 Å². The summed E-state index contributed by atoms with van der Waals surface area (Å²) in [7, 11) is 0. The Balaban J connectivity index is 2.00. The van der Waals surface area contributed by atoms with Gasteiger partial charge in [-0.1, -0.05) is 41.5 Å². The van der Waals surface area contributed by atoms with Crippen LogP contribution >= 0.6 is 12.2 Å². The van der Waals surface area contributed by atoms with E-state index < -0.39 is 0 Å². The second-order valence-corrected chi connectivity index (χ2v) is 5.95. The molecule has 2 aromatic rings. The van der Waals surface area contributed by atoms with E-state index in [0.717, 1.165) is 5.69 Å². The van der Waals surface area contributed by atoms with E-state index in [1.165, 1.54) is 22.3 Å². The summed E-state index contributed by atoms with van der Waals surface area (Å²) in [6, 6.07) is 14.9. The number of thiocarbonyl (C=S) groups is 1. The highest BCUT2D eigenvalue weighted by Gasteiger charge is 2.09. The second kappa shape index (κ2) is 6.72. The first-order valence-corrected chi connectivity index (χ1v) is 7.58. The van der Waals surface area contributed by atoms with Crippen molar-refractivity contribution in [2.45, 2.75) is 33.7 Å². The molecule has 2 rings (SSSR count). The number of benzene rings is 2. The third-order valence-electron chi connectivity index (χ3n) is 3.55. The van der Waals surface area contributed by atoms with E-state index in [4.69, 9.17) is 12.2 Å². The molecule has 0 amide bonds. The lowest BCUT2D eigenvalue weighted by molar-refractivity contribution is 0.717. The normalized spacial score (nSPS) is 11.8. The molecular formula is C18H22N2S. The first kappa shape index (κ1) is 15.5. The average molecular weight is 298 g/mol. The fourth-order valence-corrected chi connectivity index (χ4v) is 2.68. The average Bonchev–Trinajstić information content (AvgIpc) is 2.41. The van der Waals surface area contributed by atoms with E-state index in [1.54, 1.807) is 0 Å². The lowest BCUT2D eigenvalue weighted by Gasteiger charge is -2.19. The van der Waals surface area contributed by atoms with Crippen molar-refractivity contribution in [2.75, 3.05) is 5.32 Å². The Bertz CT molecular complexity index is 632. The molecule has 0 aliphatic rings. The van der Waals surface area contributed by atoms with Crippen LogP contribution in [0.4, 0.5) is 5.69 Å². The molecule has 2 N–H and O–H groups in total. The molecule has 0 bridgehead atoms. The summed E-state index contributed by atoms with van der Waals surface area (Å²) < 4.78 is 0. The predicted octanol–water partition coefficient (Wildman–Crippen LogP) is 4.66. The summed E-state index contributed by atoms with van der Waals surface area (Å²) in [5.74, 6) is 0. The zero-order valence-electron chi connectivity index (χ0n) is 13.0. The molecule has 0 heterocycles. The van der Waals surface area contributed by atoms with E-state index in [-0.39, 0.29) is 6.04 Å². The van der Waals surface area contributed by atoms with Crippen molar-refractivity contribution in [2.24, 2.45) is 0 Å². The number of nitrogens with one attached hydrogen (secondary N) is 2. The fraction of sp³-hybridized carbons (Fsp3) is 0.278. The maximum atomic E-state index is 5.39. The topological polar surface area (TPSA) is 24.1 Å². The highest BCUT2D eigenvalue weighted by Crippen LogP contribution is 2.19. The van der Waals surface area contributed by atoms with Crippen molar-refractivity contribution >= 4 is 23.0 Å². The van der Waals surface area contributed by atoms with Gasteiger partial charge in [-0.05, 0) is 63.2 Å². The summed E-state index contributed by atoms with van der Waals surface area (Å²) in [5, 5.41) is 7.21. The van der Waals surface area contributed by atoms with Gasteiger partial charge in [-0.15, -0.1) is 0 Å². The number of aryl methyl sites for hydroxylation is 3. The molecular weight excluding hydrogens is 276 g/mol. The second-order valence-electron chi connectivity index (χ2n) is 5.55. The maximum absolute atomic E-state index is 5.39. The number of hydrogen-bond acceptors (Lipinski definition) is 1. The summed E-state index contributed by atoms with van der Waals surface area (Å²) in [6.45, 7) is 8.44. The molecule has 0 spiro atoms. The highest BCUT2D eigenvalue weighted by atomic mass is 32.1. The largest absolute Gasteiger partial charge is 0.356 e. The van der Waals surface area contributed by atoms with Crippen molar-refractivity contribution < 1.29 is 0 Å². The van der Waals surface area contributed by atoms with Crippen molar-refractivity contribution in [3.63, 3.8) is 0 Å². The van der Waals surface area contributed by atoms with Crippen molar-refractivity contribution in [1.82, 2.24) is 5.32 Å². The van der Waals surface area contributed by atoms with E-state index in [0.29, 0.717) is 5.11 Å². The Labute approximate surface area is 132 Å². The fourth-order valence-electron chi connectivity index (χ4n) is 2.39. The number of rotatable bonds is 3. The quantitative estimate of drug-likeness (QED) is 0.806. The van der Waals surface area contributed by atoms with E-state index in [1.807, 2.05) is 12.1 Å². The molecule has 0 aliphatic heterocycles. The first-order chi connectivity index (χ1) is 9.95. The monoisotopic (exact) mass is 298 g/mol.